The zero-order chi connectivity index (χ0) is 14.0. The van der Waals surface area contributed by atoms with Crippen molar-refractivity contribution in [3.8, 4) is 0 Å². The third kappa shape index (κ3) is 3.00. The Labute approximate surface area is 103 Å². The van der Waals surface area contributed by atoms with E-state index in [1.165, 1.54) is 6.07 Å². The number of H-pyrrole nitrogens is 2. The van der Waals surface area contributed by atoms with Crippen LogP contribution in [-0.4, -0.2) is 21.1 Å². The smallest absolute Gasteiger partial charge is 0.319 e. The molecule has 1 aromatic heterocycles. The summed E-state index contributed by atoms with van der Waals surface area (Å²) < 4.78 is 37.4. The molecule has 2 aromatic rings. The van der Waals surface area contributed by atoms with Crippen LogP contribution >= 0.6 is 0 Å². The molecule has 9 heteroatoms. The third-order valence-corrected chi connectivity index (χ3v) is 2.16. The highest BCUT2D eigenvalue weighted by Crippen LogP contribution is 2.30. The molecule has 0 fully saturated rings. The summed E-state index contributed by atoms with van der Waals surface area (Å²) in [7, 11) is 0. The van der Waals surface area contributed by atoms with Crippen molar-refractivity contribution in [1.82, 2.24) is 15.2 Å². The van der Waals surface area contributed by atoms with Crippen molar-refractivity contribution >= 4 is 11.6 Å². The first kappa shape index (κ1) is 12.9. The summed E-state index contributed by atoms with van der Waals surface area (Å²) in [5.41, 5.74) is -1.63. The molecule has 1 aromatic carbocycles. The second kappa shape index (κ2) is 4.59. The van der Waals surface area contributed by atoms with Gasteiger partial charge in [0.15, 0.2) is 0 Å². The number of hydrogen-bond acceptors (Lipinski definition) is 3. The number of halogens is 3. The number of rotatable bonds is 2. The van der Waals surface area contributed by atoms with E-state index in [1.54, 1.807) is 0 Å². The van der Waals surface area contributed by atoms with E-state index in [1.807, 2.05) is 5.10 Å². The molecule has 0 radical (unpaired) electrons. The second-order valence-electron chi connectivity index (χ2n) is 3.56. The second-order valence-corrected chi connectivity index (χ2v) is 3.56. The van der Waals surface area contributed by atoms with Gasteiger partial charge >= 0.3 is 11.9 Å². The van der Waals surface area contributed by atoms with Gasteiger partial charge in [-0.2, -0.15) is 13.2 Å². The van der Waals surface area contributed by atoms with Crippen molar-refractivity contribution < 1.29 is 18.0 Å². The van der Waals surface area contributed by atoms with Gasteiger partial charge in [0.1, 0.15) is 0 Å². The molecule has 100 valence electrons. The zero-order valence-corrected chi connectivity index (χ0v) is 9.21. The molecule has 1 heterocycles. The zero-order valence-electron chi connectivity index (χ0n) is 9.21. The van der Waals surface area contributed by atoms with Gasteiger partial charge in [-0.3, -0.25) is 9.78 Å². The van der Waals surface area contributed by atoms with E-state index in [4.69, 9.17) is 0 Å². The molecule has 6 nitrogen and oxygen atoms in total. The number of anilines is 1. The number of carbonyl (C=O) groups is 1. The molecule has 1 amide bonds. The van der Waals surface area contributed by atoms with Gasteiger partial charge in [0.25, 0.3) is 5.91 Å². The molecule has 0 aliphatic carbocycles. The Balaban J connectivity index is 2.20. The Morgan fingerprint density at radius 3 is 2.63 bits per heavy atom. The van der Waals surface area contributed by atoms with Crippen molar-refractivity contribution in [2.24, 2.45) is 0 Å². The van der Waals surface area contributed by atoms with Gasteiger partial charge in [-0.15, -0.1) is 5.10 Å². The maximum atomic E-state index is 12.5. The largest absolute Gasteiger partial charge is 0.416 e. The first-order chi connectivity index (χ1) is 8.86. The number of nitrogens with one attached hydrogen (secondary N) is 3. The summed E-state index contributed by atoms with van der Waals surface area (Å²) in [5.74, 6) is -1.14. The maximum Gasteiger partial charge on any atom is 0.416 e. The van der Waals surface area contributed by atoms with E-state index in [0.29, 0.717) is 0 Å². The van der Waals surface area contributed by atoms with Crippen molar-refractivity contribution in [3.05, 3.63) is 46.1 Å². The lowest BCUT2D eigenvalue weighted by Gasteiger charge is -2.08. The van der Waals surface area contributed by atoms with E-state index < -0.39 is 23.3 Å². The third-order valence-electron chi connectivity index (χ3n) is 2.16. The number of aromatic nitrogens is 3. The van der Waals surface area contributed by atoms with Crippen molar-refractivity contribution in [2.45, 2.75) is 6.18 Å². The van der Waals surface area contributed by atoms with Crippen molar-refractivity contribution in [3.63, 3.8) is 0 Å². The van der Waals surface area contributed by atoms with Gasteiger partial charge in [0.2, 0.25) is 5.82 Å². The van der Waals surface area contributed by atoms with Crippen LogP contribution in [0.5, 0.6) is 0 Å². The minimum Gasteiger partial charge on any atom is -0.319 e. The molecule has 0 aliphatic rings. The summed E-state index contributed by atoms with van der Waals surface area (Å²) in [6.45, 7) is 0. The van der Waals surface area contributed by atoms with Crippen LogP contribution in [-0.2, 0) is 6.18 Å². The Morgan fingerprint density at radius 1 is 1.32 bits per heavy atom. The molecule has 0 spiro atoms. The highest BCUT2D eigenvalue weighted by Gasteiger charge is 2.30. The number of aromatic amines is 2. The lowest BCUT2D eigenvalue weighted by molar-refractivity contribution is -0.137. The average Bonchev–Trinajstić information content (AvgIpc) is 2.75. The minimum absolute atomic E-state index is 0.0522. The van der Waals surface area contributed by atoms with Crippen LogP contribution in [0, 0.1) is 0 Å². The number of benzene rings is 1. The van der Waals surface area contributed by atoms with Crippen molar-refractivity contribution in [1.29, 1.82) is 0 Å². The first-order valence-corrected chi connectivity index (χ1v) is 4.99. The monoisotopic (exact) mass is 272 g/mol. The van der Waals surface area contributed by atoms with Crippen LogP contribution in [0.2, 0.25) is 0 Å². The molecule has 0 saturated carbocycles. The van der Waals surface area contributed by atoms with Gasteiger partial charge < -0.3 is 5.32 Å². The molecule has 2 rings (SSSR count). The maximum absolute atomic E-state index is 12.5. The summed E-state index contributed by atoms with van der Waals surface area (Å²) >= 11 is 0. The number of nitrogens with zero attached hydrogens (tertiary/aromatic N) is 1. The van der Waals surface area contributed by atoms with Gasteiger partial charge in [0, 0.05) is 5.69 Å². The molecule has 0 saturated heterocycles. The Bertz CT molecular complexity index is 659. The van der Waals surface area contributed by atoms with E-state index in [2.05, 4.69) is 15.4 Å². The summed E-state index contributed by atoms with van der Waals surface area (Å²) in [4.78, 5) is 24.4. The fourth-order valence-electron chi connectivity index (χ4n) is 1.34. The van der Waals surface area contributed by atoms with Crippen LogP contribution in [0.4, 0.5) is 18.9 Å². The summed E-state index contributed by atoms with van der Waals surface area (Å²) in [6, 6.07) is 4.11. The summed E-state index contributed by atoms with van der Waals surface area (Å²) in [5, 5.41) is 7.52. The number of carbonyl (C=O) groups excluding carboxylic acids is 1. The highest BCUT2D eigenvalue weighted by atomic mass is 19.4. The number of alkyl halides is 3. The first-order valence-electron chi connectivity index (χ1n) is 4.99. The van der Waals surface area contributed by atoms with Crippen molar-refractivity contribution in [2.75, 3.05) is 5.32 Å². The average molecular weight is 272 g/mol. The normalized spacial score (nSPS) is 11.3. The molecule has 19 heavy (non-hydrogen) atoms. The molecule has 0 atom stereocenters. The quantitative estimate of drug-likeness (QED) is 0.771. The van der Waals surface area contributed by atoms with E-state index in [0.717, 1.165) is 18.2 Å². The molecular weight excluding hydrogens is 265 g/mol. The van der Waals surface area contributed by atoms with E-state index in [9.17, 15) is 22.8 Å². The molecular formula is C10H7F3N4O2. The van der Waals surface area contributed by atoms with Crippen LogP contribution in [0.1, 0.15) is 16.2 Å². The minimum atomic E-state index is -4.50. The standard InChI is InChI=1S/C10H7F3N4O2/c11-10(12,13)5-2-1-3-6(4-5)14-8(18)7-15-9(19)17-16-7/h1-4H,(H,14,18)(H2,15,16,17,19). The predicted molar refractivity (Wildman–Crippen MR) is 58.6 cm³/mol. The van der Waals surface area contributed by atoms with Crippen LogP contribution in [0.15, 0.2) is 29.1 Å². The fourth-order valence-corrected chi connectivity index (χ4v) is 1.34. The van der Waals surface area contributed by atoms with Crippen LogP contribution in [0.25, 0.3) is 0 Å². The number of amides is 1. The topological polar surface area (TPSA) is 90.6 Å². The summed E-state index contributed by atoms with van der Waals surface area (Å²) in [6.07, 6.45) is -4.50. The van der Waals surface area contributed by atoms with Crippen LogP contribution < -0.4 is 11.0 Å². The highest BCUT2D eigenvalue weighted by molar-refractivity contribution is 6.01. The lowest BCUT2D eigenvalue weighted by atomic mass is 10.2. The molecule has 0 bridgehead atoms. The molecule has 0 unspecified atom stereocenters. The number of hydrogen-bond donors (Lipinski definition) is 3. The van der Waals surface area contributed by atoms with Gasteiger partial charge in [-0.05, 0) is 18.2 Å². The Hall–Kier alpha value is -2.58. The van der Waals surface area contributed by atoms with Gasteiger partial charge in [-0.25, -0.2) is 9.89 Å². The molecule has 3 N–H and O–H groups in total. The predicted octanol–water partition coefficient (Wildman–Crippen LogP) is 1.37. The lowest BCUT2D eigenvalue weighted by Crippen LogP contribution is -2.15. The van der Waals surface area contributed by atoms with E-state index in [-0.39, 0.29) is 11.5 Å². The SMILES string of the molecule is O=C(Nc1cccc(C(F)(F)F)c1)c1n[nH]c(=O)[nH]1. The Morgan fingerprint density at radius 2 is 2.05 bits per heavy atom. The van der Waals surface area contributed by atoms with E-state index >= 15 is 0 Å². The van der Waals surface area contributed by atoms with Gasteiger partial charge in [-0.1, -0.05) is 6.07 Å². The van der Waals surface area contributed by atoms with Crippen LogP contribution in [0.3, 0.4) is 0 Å². The fraction of sp³-hybridized carbons (Fsp3) is 0.100. The van der Waals surface area contributed by atoms with Gasteiger partial charge in [0.05, 0.1) is 5.56 Å². The molecule has 0 aliphatic heterocycles. The Kier molecular flexibility index (Phi) is 3.11.